The van der Waals surface area contributed by atoms with Crippen LogP contribution in [0.25, 0.3) is 17.3 Å². The standard InChI is InChI=1S/C26H24Cl2N8O5/c1-30-31-14-36(29)22-9-6-17(27)11-16(22)5-10-23(37)33-21(13-24(38)39)19-12-20(34-35-25(19)28)15-3-7-18(8-4-15)32-26(40)41-2/h3-12,14,21H,1,13,29H2,2H3,(H,32,40)(H,33,37)(H,38,39)/b10-5+,31-14-. The van der Waals surface area contributed by atoms with Gasteiger partial charge in [-0.15, -0.1) is 15.3 Å². The summed E-state index contributed by atoms with van der Waals surface area (Å²) < 4.78 is 4.57. The molecule has 0 saturated carbocycles. The smallest absolute Gasteiger partial charge is 0.411 e. The number of methoxy groups -OCH3 is 1. The Kier molecular flexibility index (Phi) is 10.9. The van der Waals surface area contributed by atoms with Gasteiger partial charge in [-0.1, -0.05) is 35.3 Å². The van der Waals surface area contributed by atoms with Crippen molar-refractivity contribution >= 4 is 71.7 Å². The second-order valence-corrected chi connectivity index (χ2v) is 8.94. The third-order valence-corrected chi connectivity index (χ3v) is 5.93. The maximum absolute atomic E-state index is 12.9. The predicted molar refractivity (Wildman–Crippen MR) is 157 cm³/mol. The molecule has 5 N–H and O–H groups in total. The first-order chi connectivity index (χ1) is 19.6. The van der Waals surface area contributed by atoms with Gasteiger partial charge in [0.05, 0.1) is 31.0 Å². The molecule has 0 bridgehead atoms. The van der Waals surface area contributed by atoms with Crippen molar-refractivity contribution in [1.82, 2.24) is 15.5 Å². The molecule has 0 aliphatic rings. The lowest BCUT2D eigenvalue weighted by atomic mass is 10.0. The van der Waals surface area contributed by atoms with Crippen LogP contribution in [0.3, 0.4) is 0 Å². The summed E-state index contributed by atoms with van der Waals surface area (Å²) in [5.41, 5.74) is 2.60. The fraction of sp³-hybridized carbons (Fsp3) is 0.115. The van der Waals surface area contributed by atoms with E-state index in [0.717, 1.165) is 5.01 Å². The zero-order chi connectivity index (χ0) is 29.9. The van der Waals surface area contributed by atoms with Gasteiger partial charge in [0, 0.05) is 40.2 Å². The van der Waals surface area contributed by atoms with Crippen molar-refractivity contribution in [1.29, 1.82) is 0 Å². The van der Waals surface area contributed by atoms with Gasteiger partial charge in [-0.3, -0.25) is 19.9 Å². The molecule has 2 amide bonds. The lowest BCUT2D eigenvalue weighted by molar-refractivity contribution is -0.137. The van der Waals surface area contributed by atoms with Gasteiger partial charge >= 0.3 is 12.1 Å². The van der Waals surface area contributed by atoms with E-state index in [2.05, 4.69) is 42.5 Å². The number of benzene rings is 2. The molecule has 2 aromatic carbocycles. The number of rotatable bonds is 11. The zero-order valence-corrected chi connectivity index (χ0v) is 23.0. The van der Waals surface area contributed by atoms with E-state index in [1.165, 1.54) is 31.7 Å². The number of carboxylic acid groups (broad SMARTS) is 1. The summed E-state index contributed by atoms with van der Waals surface area (Å²) in [6, 6.07) is 11.8. The van der Waals surface area contributed by atoms with Crippen LogP contribution in [-0.4, -0.2) is 53.4 Å². The van der Waals surface area contributed by atoms with Crippen LogP contribution in [0.5, 0.6) is 0 Å². The van der Waals surface area contributed by atoms with E-state index in [4.69, 9.17) is 29.0 Å². The number of aliphatic carboxylic acids is 1. The molecule has 3 rings (SSSR count). The Morgan fingerprint density at radius 1 is 1.17 bits per heavy atom. The van der Waals surface area contributed by atoms with E-state index in [9.17, 15) is 19.5 Å². The molecular formula is C26H24Cl2N8O5. The molecule has 0 spiro atoms. The number of aromatic nitrogens is 2. The summed E-state index contributed by atoms with van der Waals surface area (Å²) in [6.45, 7) is 3.24. The van der Waals surface area contributed by atoms with Gasteiger partial charge in [0.25, 0.3) is 0 Å². The number of ether oxygens (including phenoxy) is 1. The van der Waals surface area contributed by atoms with E-state index in [1.807, 2.05) is 0 Å². The number of anilines is 2. The molecule has 212 valence electrons. The number of nitrogens with one attached hydrogen (secondary N) is 2. The third kappa shape index (κ3) is 8.83. The number of nitrogens with zero attached hydrogens (tertiary/aromatic N) is 5. The van der Waals surface area contributed by atoms with Gasteiger partial charge in [0.15, 0.2) is 5.15 Å². The highest BCUT2D eigenvalue weighted by molar-refractivity contribution is 6.31. The number of carbonyl (C=O) groups is 3. The lowest BCUT2D eigenvalue weighted by Gasteiger charge is -2.18. The molecule has 1 unspecified atom stereocenters. The first-order valence-electron chi connectivity index (χ1n) is 11.6. The third-order valence-electron chi connectivity index (χ3n) is 5.40. The Morgan fingerprint density at radius 3 is 2.56 bits per heavy atom. The van der Waals surface area contributed by atoms with Crippen LogP contribution >= 0.6 is 23.2 Å². The van der Waals surface area contributed by atoms with Gasteiger partial charge < -0.3 is 15.2 Å². The minimum absolute atomic E-state index is 0.0840. The fourth-order valence-corrected chi connectivity index (χ4v) is 3.92. The van der Waals surface area contributed by atoms with Crippen LogP contribution in [0.1, 0.15) is 23.6 Å². The molecule has 0 aliphatic heterocycles. The van der Waals surface area contributed by atoms with Crippen molar-refractivity contribution in [2.75, 3.05) is 17.4 Å². The van der Waals surface area contributed by atoms with Gasteiger partial charge in [0.1, 0.15) is 6.34 Å². The highest BCUT2D eigenvalue weighted by Crippen LogP contribution is 2.29. The predicted octanol–water partition coefficient (Wildman–Crippen LogP) is 4.30. The zero-order valence-electron chi connectivity index (χ0n) is 21.5. The SMILES string of the molecule is C=N/N=C\N(N)c1ccc(Cl)cc1/C=C/C(=O)NC(CC(=O)O)c1cc(-c2ccc(NC(=O)OC)cc2)nnc1Cl. The van der Waals surface area contributed by atoms with Crippen LogP contribution in [0.4, 0.5) is 16.2 Å². The molecule has 0 fully saturated rings. The largest absolute Gasteiger partial charge is 0.481 e. The number of amides is 2. The topological polar surface area (TPSA) is 184 Å². The van der Waals surface area contributed by atoms with E-state index in [-0.39, 0.29) is 10.7 Å². The average Bonchev–Trinajstić information content (AvgIpc) is 2.95. The molecule has 13 nitrogen and oxygen atoms in total. The average molecular weight is 599 g/mol. The highest BCUT2D eigenvalue weighted by atomic mass is 35.5. The Hall–Kier alpha value is -4.85. The summed E-state index contributed by atoms with van der Waals surface area (Å²) in [5.74, 6) is 4.16. The van der Waals surface area contributed by atoms with Crippen molar-refractivity contribution < 1.29 is 24.2 Å². The van der Waals surface area contributed by atoms with Crippen molar-refractivity contribution in [3.63, 3.8) is 0 Å². The summed E-state index contributed by atoms with van der Waals surface area (Å²) >= 11 is 12.4. The number of carboxylic acids is 1. The Bertz CT molecular complexity index is 1500. The van der Waals surface area contributed by atoms with Gasteiger partial charge in [-0.05, 0) is 42.5 Å². The second-order valence-electron chi connectivity index (χ2n) is 8.14. The summed E-state index contributed by atoms with van der Waals surface area (Å²) in [4.78, 5) is 36.0. The number of halogens is 2. The first-order valence-corrected chi connectivity index (χ1v) is 12.4. The molecular weight excluding hydrogens is 575 g/mol. The monoisotopic (exact) mass is 598 g/mol. The normalized spacial score (nSPS) is 11.7. The summed E-state index contributed by atoms with van der Waals surface area (Å²) in [5, 5.41) is 31.1. The number of carbonyl (C=O) groups excluding carboxylic acids is 2. The number of hydrogen-bond acceptors (Lipinski definition) is 9. The Morgan fingerprint density at radius 2 is 1.90 bits per heavy atom. The molecule has 1 heterocycles. The van der Waals surface area contributed by atoms with E-state index in [1.54, 1.807) is 42.5 Å². The van der Waals surface area contributed by atoms with Crippen LogP contribution in [-0.2, 0) is 14.3 Å². The van der Waals surface area contributed by atoms with Crippen LogP contribution in [0.15, 0.2) is 64.8 Å². The molecule has 1 aromatic heterocycles. The number of hydrazine groups is 1. The summed E-state index contributed by atoms with van der Waals surface area (Å²) in [7, 11) is 1.25. The molecule has 0 aliphatic carbocycles. The van der Waals surface area contributed by atoms with Crippen LogP contribution < -0.4 is 21.5 Å². The minimum atomic E-state index is -1.18. The maximum Gasteiger partial charge on any atom is 0.411 e. The second kappa shape index (κ2) is 14.5. The lowest BCUT2D eigenvalue weighted by Crippen LogP contribution is -2.30. The Balaban J connectivity index is 1.86. The van der Waals surface area contributed by atoms with Crippen molar-refractivity contribution in [2.24, 2.45) is 16.0 Å². The van der Waals surface area contributed by atoms with Gasteiger partial charge in [-0.25, -0.2) is 10.6 Å². The Labute approximate surface area is 244 Å². The first kappa shape index (κ1) is 30.7. The molecule has 0 saturated heterocycles. The van der Waals surface area contributed by atoms with Crippen molar-refractivity contribution in [3.8, 4) is 11.3 Å². The number of hydrogen-bond donors (Lipinski definition) is 4. The van der Waals surface area contributed by atoms with Crippen LogP contribution in [0.2, 0.25) is 10.2 Å². The van der Waals surface area contributed by atoms with E-state index in [0.29, 0.717) is 33.2 Å². The van der Waals surface area contributed by atoms with Crippen molar-refractivity contribution in [3.05, 3.63) is 75.9 Å². The highest BCUT2D eigenvalue weighted by Gasteiger charge is 2.22. The maximum atomic E-state index is 12.9. The van der Waals surface area contributed by atoms with Gasteiger partial charge in [0.2, 0.25) is 5.91 Å². The fourth-order valence-electron chi connectivity index (χ4n) is 3.52. The van der Waals surface area contributed by atoms with E-state index < -0.39 is 30.4 Å². The van der Waals surface area contributed by atoms with Crippen molar-refractivity contribution in [2.45, 2.75) is 12.5 Å². The quantitative estimate of drug-likeness (QED) is 0.0820. The molecule has 3 aromatic rings. The minimum Gasteiger partial charge on any atom is -0.481 e. The summed E-state index contributed by atoms with van der Waals surface area (Å²) in [6.07, 6.45) is 2.74. The molecule has 41 heavy (non-hydrogen) atoms. The van der Waals surface area contributed by atoms with Crippen LogP contribution in [0, 0.1) is 0 Å². The molecule has 15 heteroatoms. The molecule has 0 radical (unpaired) electrons. The number of nitrogens with two attached hydrogens (primary N) is 1. The van der Waals surface area contributed by atoms with Gasteiger partial charge in [-0.2, -0.15) is 5.10 Å². The van der Waals surface area contributed by atoms with E-state index >= 15 is 0 Å². The molecule has 1 atom stereocenters.